The van der Waals surface area contributed by atoms with Crippen molar-refractivity contribution in [2.75, 3.05) is 25.5 Å². The van der Waals surface area contributed by atoms with Gasteiger partial charge in [-0.25, -0.2) is 0 Å². The van der Waals surface area contributed by atoms with Crippen LogP contribution in [0.5, 0.6) is 5.75 Å². The zero-order valence-corrected chi connectivity index (χ0v) is 15.2. The van der Waals surface area contributed by atoms with Gasteiger partial charge in [0.25, 0.3) is 0 Å². The molecule has 26 heavy (non-hydrogen) atoms. The number of carbonyl (C=O) groups excluding carboxylic acids is 2. The van der Waals surface area contributed by atoms with Crippen LogP contribution in [0.3, 0.4) is 0 Å². The summed E-state index contributed by atoms with van der Waals surface area (Å²) in [6.45, 7) is 1.78. The maximum absolute atomic E-state index is 13.4. The fraction of sp³-hybridized carbons (Fsp3) is 0.619. The number of nitrogens with one attached hydrogen (secondary N) is 1. The highest BCUT2D eigenvalue weighted by Gasteiger charge is 2.50. The summed E-state index contributed by atoms with van der Waals surface area (Å²) in [4.78, 5) is 27.7. The quantitative estimate of drug-likeness (QED) is 0.888. The molecule has 0 radical (unpaired) electrons. The predicted octanol–water partition coefficient (Wildman–Crippen LogP) is 3.02. The van der Waals surface area contributed by atoms with Crippen LogP contribution in [-0.2, 0) is 9.59 Å². The molecule has 4 fully saturated rings. The van der Waals surface area contributed by atoms with Crippen LogP contribution in [0.1, 0.15) is 43.6 Å². The van der Waals surface area contributed by atoms with Crippen LogP contribution in [0.4, 0.5) is 5.69 Å². The Morgan fingerprint density at radius 1 is 1.12 bits per heavy atom. The Kier molecular flexibility index (Phi) is 3.73. The minimum atomic E-state index is -0.383. The minimum Gasteiger partial charge on any atom is -0.495 e. The standard InChI is InChI=1S/C21H26N2O3/c1-26-18-4-2-3-14-15(9-19(24)22-20(14)18)21(25)23-10-16-12-5-6-13(8-7-12)17(16)11-23/h2-4,12-13,15-17H,5-11H2,1H3,(H,22,24)/t12?,13?,15?,16-,17+. The largest absolute Gasteiger partial charge is 0.495 e. The van der Waals surface area contributed by atoms with Gasteiger partial charge in [0.05, 0.1) is 18.7 Å². The van der Waals surface area contributed by atoms with E-state index in [1.54, 1.807) is 7.11 Å². The highest BCUT2D eigenvalue weighted by molar-refractivity contribution is 6.02. The van der Waals surface area contributed by atoms with E-state index in [4.69, 9.17) is 4.74 Å². The maximum atomic E-state index is 13.4. The van der Waals surface area contributed by atoms with Gasteiger partial charge in [0, 0.05) is 19.5 Å². The first-order valence-corrected chi connectivity index (χ1v) is 9.91. The van der Waals surface area contributed by atoms with Gasteiger partial charge in [-0.15, -0.1) is 0 Å². The number of amides is 2. The first-order valence-electron chi connectivity index (χ1n) is 9.91. The number of rotatable bonds is 2. The molecule has 6 rings (SSSR count). The van der Waals surface area contributed by atoms with Crippen LogP contribution >= 0.6 is 0 Å². The maximum Gasteiger partial charge on any atom is 0.230 e. The first kappa shape index (κ1) is 16.2. The molecule has 3 aliphatic carbocycles. The van der Waals surface area contributed by atoms with Crippen LogP contribution in [0.25, 0.3) is 0 Å². The van der Waals surface area contributed by atoms with E-state index in [2.05, 4.69) is 10.2 Å². The fourth-order valence-corrected chi connectivity index (χ4v) is 6.10. The molecular formula is C21H26N2O3. The van der Waals surface area contributed by atoms with Gasteiger partial charge in [-0.05, 0) is 61.0 Å². The number of nitrogens with zero attached hydrogens (tertiary/aromatic N) is 1. The molecule has 1 N–H and O–H groups in total. The third-order valence-corrected chi connectivity index (χ3v) is 7.36. The summed E-state index contributed by atoms with van der Waals surface area (Å²) in [6, 6.07) is 5.68. The number of carbonyl (C=O) groups is 2. The molecule has 3 saturated carbocycles. The Morgan fingerprint density at radius 2 is 1.77 bits per heavy atom. The molecule has 2 heterocycles. The number of benzene rings is 1. The summed E-state index contributed by atoms with van der Waals surface area (Å²) in [6.07, 6.45) is 5.62. The zero-order chi connectivity index (χ0) is 17.8. The third kappa shape index (κ3) is 2.36. The molecule has 0 spiro atoms. The van der Waals surface area contributed by atoms with Gasteiger partial charge in [-0.1, -0.05) is 12.1 Å². The van der Waals surface area contributed by atoms with E-state index in [1.807, 2.05) is 18.2 Å². The van der Waals surface area contributed by atoms with Crippen molar-refractivity contribution in [3.63, 3.8) is 0 Å². The molecule has 5 aliphatic rings. The lowest BCUT2D eigenvalue weighted by Crippen LogP contribution is -2.38. The predicted molar refractivity (Wildman–Crippen MR) is 98.0 cm³/mol. The number of ether oxygens (including phenoxy) is 1. The number of hydrogen-bond donors (Lipinski definition) is 1. The zero-order valence-electron chi connectivity index (χ0n) is 15.2. The van der Waals surface area contributed by atoms with Crippen LogP contribution in [-0.4, -0.2) is 36.9 Å². The van der Waals surface area contributed by atoms with E-state index in [-0.39, 0.29) is 24.2 Å². The van der Waals surface area contributed by atoms with Crippen LogP contribution in [0.2, 0.25) is 0 Å². The molecule has 0 aromatic heterocycles. The van der Waals surface area contributed by atoms with E-state index in [1.165, 1.54) is 25.7 Å². The first-order chi connectivity index (χ1) is 12.7. The Bertz CT molecular complexity index is 734. The van der Waals surface area contributed by atoms with Gasteiger partial charge in [-0.2, -0.15) is 0 Å². The van der Waals surface area contributed by atoms with Crippen molar-refractivity contribution in [3.05, 3.63) is 23.8 Å². The summed E-state index contributed by atoms with van der Waals surface area (Å²) < 4.78 is 5.39. The monoisotopic (exact) mass is 354 g/mol. The van der Waals surface area contributed by atoms with Crippen molar-refractivity contribution in [1.29, 1.82) is 0 Å². The molecule has 5 nitrogen and oxygen atoms in total. The number of fused-ring (bicyclic) bond motifs is 3. The normalized spacial score (nSPS) is 34.9. The number of para-hydroxylation sites is 1. The molecule has 2 amide bonds. The Balaban J connectivity index is 1.42. The van der Waals surface area contributed by atoms with Gasteiger partial charge in [0.2, 0.25) is 11.8 Å². The van der Waals surface area contributed by atoms with Gasteiger partial charge in [-0.3, -0.25) is 9.59 Å². The van der Waals surface area contributed by atoms with Crippen LogP contribution in [0.15, 0.2) is 18.2 Å². The van der Waals surface area contributed by atoms with Crippen molar-refractivity contribution in [1.82, 2.24) is 4.90 Å². The Morgan fingerprint density at radius 3 is 2.38 bits per heavy atom. The molecular weight excluding hydrogens is 328 g/mol. The second-order valence-corrected chi connectivity index (χ2v) is 8.48. The highest BCUT2D eigenvalue weighted by atomic mass is 16.5. The molecule has 5 heteroatoms. The lowest BCUT2D eigenvalue weighted by molar-refractivity contribution is -0.134. The van der Waals surface area contributed by atoms with Crippen molar-refractivity contribution >= 4 is 17.5 Å². The molecule has 1 saturated heterocycles. The summed E-state index contributed by atoms with van der Waals surface area (Å²) in [7, 11) is 1.59. The molecule has 3 atom stereocenters. The van der Waals surface area contributed by atoms with E-state index < -0.39 is 0 Å². The number of hydrogen-bond acceptors (Lipinski definition) is 3. The van der Waals surface area contributed by atoms with E-state index >= 15 is 0 Å². The SMILES string of the molecule is COc1cccc2c1NC(=O)CC2C(=O)N1C[C@@H]2C3CCC(CC3)[C@@H]2C1. The summed E-state index contributed by atoms with van der Waals surface area (Å²) in [5.41, 5.74) is 1.56. The smallest absolute Gasteiger partial charge is 0.230 e. The fourth-order valence-electron chi connectivity index (χ4n) is 6.10. The van der Waals surface area contributed by atoms with Crippen LogP contribution < -0.4 is 10.1 Å². The van der Waals surface area contributed by atoms with Gasteiger partial charge in [0.15, 0.2) is 0 Å². The number of anilines is 1. The van der Waals surface area contributed by atoms with Gasteiger partial charge >= 0.3 is 0 Å². The van der Waals surface area contributed by atoms with E-state index in [0.717, 1.165) is 30.5 Å². The molecule has 1 unspecified atom stereocenters. The lowest BCUT2D eigenvalue weighted by atomic mass is 9.60. The van der Waals surface area contributed by atoms with Crippen molar-refractivity contribution in [3.8, 4) is 5.75 Å². The van der Waals surface area contributed by atoms with Crippen LogP contribution in [0, 0.1) is 23.7 Å². The molecule has 1 aromatic rings. The molecule has 138 valence electrons. The summed E-state index contributed by atoms with van der Waals surface area (Å²) in [5, 5.41) is 2.89. The summed E-state index contributed by atoms with van der Waals surface area (Å²) in [5.74, 6) is 3.27. The molecule has 2 bridgehead atoms. The Hall–Kier alpha value is -2.04. The lowest BCUT2D eigenvalue weighted by Gasteiger charge is -2.44. The van der Waals surface area contributed by atoms with E-state index in [9.17, 15) is 9.59 Å². The molecule has 2 aliphatic heterocycles. The van der Waals surface area contributed by atoms with Gasteiger partial charge in [0.1, 0.15) is 5.75 Å². The minimum absolute atomic E-state index is 0.1000. The molecule has 1 aromatic carbocycles. The second kappa shape index (κ2) is 6.00. The number of methoxy groups -OCH3 is 1. The summed E-state index contributed by atoms with van der Waals surface area (Å²) >= 11 is 0. The van der Waals surface area contributed by atoms with Gasteiger partial charge < -0.3 is 15.0 Å². The van der Waals surface area contributed by atoms with E-state index in [0.29, 0.717) is 23.3 Å². The average molecular weight is 354 g/mol. The highest BCUT2D eigenvalue weighted by Crippen LogP contribution is 2.52. The third-order valence-electron chi connectivity index (χ3n) is 7.36. The van der Waals surface area contributed by atoms with Crippen molar-refractivity contribution in [2.45, 2.75) is 38.0 Å². The number of likely N-dealkylation sites (tertiary alicyclic amines) is 1. The average Bonchev–Trinajstić information content (AvgIpc) is 3.15. The topological polar surface area (TPSA) is 58.6 Å². The Labute approximate surface area is 154 Å². The second-order valence-electron chi connectivity index (χ2n) is 8.48. The van der Waals surface area contributed by atoms with Crippen molar-refractivity contribution in [2.24, 2.45) is 23.7 Å². The van der Waals surface area contributed by atoms with Crippen molar-refractivity contribution < 1.29 is 14.3 Å².